The third kappa shape index (κ3) is 3.45. The van der Waals surface area contributed by atoms with Crippen LogP contribution in [0.3, 0.4) is 0 Å². The zero-order valence-corrected chi connectivity index (χ0v) is 13.7. The molecule has 23 heavy (non-hydrogen) atoms. The highest BCUT2D eigenvalue weighted by molar-refractivity contribution is 5.80. The standard InChI is InChI=1S/C18H22N2O3/c1-3-14-4-5-16-15(11-18(22)23-17(16)10-14)12-19-6-8-20(9-7-19)13(2)21/h4-5,10-11H,3,6-9,12H2,1-2H3/p+1. The minimum Gasteiger partial charge on any atom is -0.423 e. The molecule has 1 N–H and O–H groups in total. The topological polar surface area (TPSA) is 55.0 Å². The summed E-state index contributed by atoms with van der Waals surface area (Å²) in [5.74, 6) is 0.141. The number of nitrogens with zero attached hydrogens (tertiary/aromatic N) is 1. The van der Waals surface area contributed by atoms with Crippen molar-refractivity contribution in [2.24, 2.45) is 0 Å². The molecule has 1 amide bonds. The van der Waals surface area contributed by atoms with Crippen LogP contribution in [0.5, 0.6) is 0 Å². The van der Waals surface area contributed by atoms with Crippen LogP contribution >= 0.6 is 0 Å². The number of hydrogen-bond acceptors (Lipinski definition) is 3. The lowest BCUT2D eigenvalue weighted by atomic mass is 10.1. The Morgan fingerprint density at radius 3 is 2.65 bits per heavy atom. The Balaban J connectivity index is 1.83. The second-order valence-electron chi connectivity index (χ2n) is 6.21. The first-order valence-electron chi connectivity index (χ1n) is 8.21. The minimum absolute atomic E-state index is 0.141. The van der Waals surface area contributed by atoms with Gasteiger partial charge >= 0.3 is 5.63 Å². The Kier molecular flexibility index (Phi) is 4.48. The van der Waals surface area contributed by atoms with E-state index < -0.39 is 0 Å². The number of fused-ring (bicyclic) bond motifs is 1. The van der Waals surface area contributed by atoms with Crippen molar-refractivity contribution in [3.05, 3.63) is 45.8 Å². The van der Waals surface area contributed by atoms with Gasteiger partial charge in [0.05, 0.1) is 26.2 Å². The van der Waals surface area contributed by atoms with Crippen LogP contribution in [0.2, 0.25) is 0 Å². The molecule has 0 radical (unpaired) electrons. The molecule has 5 nitrogen and oxygen atoms in total. The van der Waals surface area contributed by atoms with E-state index in [4.69, 9.17) is 4.42 Å². The van der Waals surface area contributed by atoms with Gasteiger partial charge in [-0.05, 0) is 18.1 Å². The lowest BCUT2D eigenvalue weighted by molar-refractivity contribution is -0.917. The number of nitrogens with one attached hydrogen (secondary N) is 1. The molecule has 0 unspecified atom stereocenters. The summed E-state index contributed by atoms with van der Waals surface area (Å²) in [6.45, 7) is 7.88. The van der Waals surface area contributed by atoms with E-state index in [0.29, 0.717) is 5.58 Å². The monoisotopic (exact) mass is 315 g/mol. The molecule has 0 bridgehead atoms. The van der Waals surface area contributed by atoms with E-state index in [1.807, 2.05) is 11.0 Å². The van der Waals surface area contributed by atoms with Crippen molar-refractivity contribution in [3.8, 4) is 0 Å². The third-order valence-corrected chi connectivity index (χ3v) is 4.66. The molecule has 122 valence electrons. The molecule has 2 heterocycles. The summed E-state index contributed by atoms with van der Waals surface area (Å²) in [4.78, 5) is 26.5. The van der Waals surface area contributed by atoms with Crippen LogP contribution in [0.1, 0.15) is 25.0 Å². The Morgan fingerprint density at radius 1 is 1.26 bits per heavy atom. The summed E-state index contributed by atoms with van der Waals surface area (Å²) in [5.41, 5.74) is 2.58. The molecule has 1 aromatic carbocycles. The number of carbonyl (C=O) groups is 1. The van der Waals surface area contributed by atoms with Gasteiger partial charge in [-0.15, -0.1) is 0 Å². The first-order valence-corrected chi connectivity index (χ1v) is 8.21. The fraction of sp³-hybridized carbons (Fsp3) is 0.444. The van der Waals surface area contributed by atoms with Crippen molar-refractivity contribution in [1.82, 2.24) is 4.90 Å². The second-order valence-corrected chi connectivity index (χ2v) is 6.21. The number of carbonyl (C=O) groups excluding carboxylic acids is 1. The van der Waals surface area contributed by atoms with Crippen molar-refractivity contribution in [2.75, 3.05) is 26.2 Å². The summed E-state index contributed by atoms with van der Waals surface area (Å²) in [5, 5.41) is 1.02. The molecule has 3 rings (SSSR count). The maximum Gasteiger partial charge on any atom is 0.336 e. The molecule has 0 atom stereocenters. The largest absolute Gasteiger partial charge is 0.423 e. The van der Waals surface area contributed by atoms with Crippen LogP contribution in [-0.2, 0) is 17.8 Å². The molecule has 0 saturated carbocycles. The fourth-order valence-electron chi connectivity index (χ4n) is 3.22. The number of hydrogen-bond donors (Lipinski definition) is 1. The van der Waals surface area contributed by atoms with Gasteiger partial charge in [-0.25, -0.2) is 4.79 Å². The molecule has 2 aromatic rings. The number of quaternary nitrogens is 1. The molecule has 1 aliphatic heterocycles. The van der Waals surface area contributed by atoms with Gasteiger partial charge in [-0.3, -0.25) is 4.79 Å². The van der Waals surface area contributed by atoms with Crippen LogP contribution in [0.15, 0.2) is 33.5 Å². The first kappa shape index (κ1) is 15.7. The predicted molar refractivity (Wildman–Crippen MR) is 88.5 cm³/mol. The van der Waals surface area contributed by atoms with Crippen molar-refractivity contribution in [3.63, 3.8) is 0 Å². The smallest absolute Gasteiger partial charge is 0.336 e. The van der Waals surface area contributed by atoms with Crippen molar-refractivity contribution in [1.29, 1.82) is 0 Å². The SMILES string of the molecule is CCc1ccc2c(C[NH+]3CCN(C(C)=O)CC3)cc(=O)oc2c1. The van der Waals surface area contributed by atoms with E-state index in [1.54, 1.807) is 13.0 Å². The molecule has 0 aliphatic carbocycles. The Hall–Kier alpha value is -2.14. The highest BCUT2D eigenvalue weighted by Crippen LogP contribution is 2.18. The summed E-state index contributed by atoms with van der Waals surface area (Å²) in [6, 6.07) is 7.72. The van der Waals surface area contributed by atoms with Crippen LogP contribution < -0.4 is 10.5 Å². The number of amides is 1. The Bertz CT molecular complexity index is 773. The van der Waals surface area contributed by atoms with Crippen molar-refractivity contribution in [2.45, 2.75) is 26.8 Å². The quantitative estimate of drug-likeness (QED) is 0.844. The van der Waals surface area contributed by atoms with Gasteiger partial charge in [-0.1, -0.05) is 19.1 Å². The van der Waals surface area contributed by atoms with Crippen LogP contribution in [0.4, 0.5) is 0 Å². The normalized spacial score (nSPS) is 16.0. The minimum atomic E-state index is -0.289. The van der Waals surface area contributed by atoms with E-state index in [9.17, 15) is 9.59 Å². The average molecular weight is 315 g/mol. The molecule has 1 fully saturated rings. The van der Waals surface area contributed by atoms with E-state index in [1.165, 1.54) is 10.5 Å². The van der Waals surface area contributed by atoms with Crippen LogP contribution in [0, 0.1) is 0 Å². The van der Waals surface area contributed by atoms with Gasteiger partial charge in [0, 0.05) is 23.9 Å². The number of aryl methyl sites for hydroxylation is 1. The maximum absolute atomic E-state index is 11.9. The van der Waals surface area contributed by atoms with E-state index in [0.717, 1.165) is 50.1 Å². The molecule has 1 aliphatic rings. The molecular formula is C18H23N2O3+. The molecular weight excluding hydrogens is 292 g/mol. The van der Waals surface area contributed by atoms with E-state index in [2.05, 4.69) is 19.1 Å². The number of benzene rings is 1. The molecule has 0 spiro atoms. The van der Waals surface area contributed by atoms with Gasteiger partial charge in [0.25, 0.3) is 0 Å². The average Bonchev–Trinajstić information content (AvgIpc) is 2.54. The number of piperazine rings is 1. The van der Waals surface area contributed by atoms with Crippen LogP contribution in [-0.4, -0.2) is 37.0 Å². The van der Waals surface area contributed by atoms with Crippen molar-refractivity contribution < 1.29 is 14.1 Å². The summed E-state index contributed by atoms with van der Waals surface area (Å²) < 4.78 is 5.36. The predicted octanol–water partition coefficient (Wildman–Crippen LogP) is 0.602. The Morgan fingerprint density at radius 2 is 2.00 bits per heavy atom. The van der Waals surface area contributed by atoms with Gasteiger partial charge in [0.2, 0.25) is 5.91 Å². The van der Waals surface area contributed by atoms with Crippen LogP contribution in [0.25, 0.3) is 11.0 Å². The second kappa shape index (κ2) is 6.54. The molecule has 1 saturated heterocycles. The fourth-order valence-corrected chi connectivity index (χ4v) is 3.22. The highest BCUT2D eigenvalue weighted by atomic mass is 16.4. The van der Waals surface area contributed by atoms with Gasteiger partial charge in [0.15, 0.2) is 0 Å². The van der Waals surface area contributed by atoms with Gasteiger partial charge in [-0.2, -0.15) is 0 Å². The maximum atomic E-state index is 11.9. The molecule has 1 aromatic heterocycles. The van der Waals surface area contributed by atoms with E-state index in [-0.39, 0.29) is 11.5 Å². The summed E-state index contributed by atoms with van der Waals surface area (Å²) in [6.07, 6.45) is 0.919. The zero-order chi connectivity index (χ0) is 16.4. The summed E-state index contributed by atoms with van der Waals surface area (Å²) >= 11 is 0. The van der Waals surface area contributed by atoms with Gasteiger partial charge in [0.1, 0.15) is 12.1 Å². The third-order valence-electron chi connectivity index (χ3n) is 4.66. The number of rotatable bonds is 3. The van der Waals surface area contributed by atoms with Crippen molar-refractivity contribution >= 4 is 16.9 Å². The Labute approximate surface area is 135 Å². The van der Waals surface area contributed by atoms with E-state index >= 15 is 0 Å². The zero-order valence-electron chi connectivity index (χ0n) is 13.7. The summed E-state index contributed by atoms with van der Waals surface area (Å²) in [7, 11) is 0. The highest BCUT2D eigenvalue weighted by Gasteiger charge is 2.22. The molecule has 5 heteroatoms. The lowest BCUT2D eigenvalue weighted by Crippen LogP contribution is -3.13. The van der Waals surface area contributed by atoms with Gasteiger partial charge < -0.3 is 14.2 Å². The lowest BCUT2D eigenvalue weighted by Gasteiger charge is -2.31. The first-order chi connectivity index (χ1) is 11.1.